The van der Waals surface area contributed by atoms with Gasteiger partial charge in [0.15, 0.2) is 0 Å². The van der Waals surface area contributed by atoms with Crippen LogP contribution < -0.4 is 10.1 Å². The van der Waals surface area contributed by atoms with Crippen LogP contribution in [0.1, 0.15) is 59.4 Å². The van der Waals surface area contributed by atoms with Gasteiger partial charge in [0.1, 0.15) is 11.4 Å². The predicted octanol–water partition coefficient (Wildman–Crippen LogP) is 2.78. The lowest BCUT2D eigenvalue weighted by molar-refractivity contribution is 0.0500. The van der Waals surface area contributed by atoms with E-state index in [9.17, 15) is 9.59 Å². The number of nitrogens with one attached hydrogen (secondary N) is 1. The lowest BCUT2D eigenvalue weighted by Crippen LogP contribution is -2.57. The Hall–Kier alpha value is -2.83. The molecule has 7 heteroatoms. The summed E-state index contributed by atoms with van der Waals surface area (Å²) in [6, 6.07) is 7.28. The summed E-state index contributed by atoms with van der Waals surface area (Å²) < 4.78 is 7.64. The van der Waals surface area contributed by atoms with Crippen molar-refractivity contribution >= 4 is 11.8 Å². The molecule has 3 heterocycles. The molecule has 2 amide bonds. The number of hydrogen-bond acceptors (Lipinski definition) is 4. The zero-order chi connectivity index (χ0) is 20.2. The van der Waals surface area contributed by atoms with Crippen LogP contribution in [-0.2, 0) is 7.05 Å². The van der Waals surface area contributed by atoms with Crippen molar-refractivity contribution in [1.29, 1.82) is 0 Å². The summed E-state index contributed by atoms with van der Waals surface area (Å²) in [7, 11) is 1.86. The second-order valence-corrected chi connectivity index (χ2v) is 7.91. The van der Waals surface area contributed by atoms with Gasteiger partial charge in [-0.05, 0) is 44.2 Å². The van der Waals surface area contributed by atoms with Crippen LogP contribution in [0.25, 0.3) is 0 Å². The van der Waals surface area contributed by atoms with E-state index in [4.69, 9.17) is 4.74 Å². The molecule has 29 heavy (non-hydrogen) atoms. The number of ether oxygens (including phenoxy) is 1. The lowest BCUT2D eigenvalue weighted by Gasteiger charge is -2.41. The van der Waals surface area contributed by atoms with Gasteiger partial charge in [-0.1, -0.05) is 18.6 Å². The SMILES string of the molecule is Cn1cnc(C(=O)N2CCC[C@@H]3NC(=O)c4ccccc4OCCCCC[C@@H]32)c1. The quantitative estimate of drug-likeness (QED) is 0.804. The molecule has 0 spiro atoms. The molecule has 0 bridgehead atoms. The third-order valence-corrected chi connectivity index (χ3v) is 5.81. The van der Waals surface area contributed by atoms with E-state index in [0.717, 1.165) is 38.5 Å². The fraction of sp³-hybridized carbons (Fsp3) is 0.500. The highest BCUT2D eigenvalue weighted by molar-refractivity contribution is 5.97. The smallest absolute Gasteiger partial charge is 0.274 e. The third-order valence-electron chi connectivity index (χ3n) is 5.81. The van der Waals surface area contributed by atoms with E-state index in [2.05, 4.69) is 10.3 Å². The summed E-state index contributed by atoms with van der Waals surface area (Å²) in [6.07, 6.45) is 8.96. The van der Waals surface area contributed by atoms with Gasteiger partial charge in [0.2, 0.25) is 0 Å². The topological polar surface area (TPSA) is 76.5 Å². The van der Waals surface area contributed by atoms with Gasteiger partial charge in [-0.15, -0.1) is 0 Å². The number of likely N-dealkylation sites (tertiary alicyclic amines) is 1. The second-order valence-electron chi connectivity index (χ2n) is 7.91. The van der Waals surface area contributed by atoms with Crippen LogP contribution in [-0.4, -0.2) is 51.5 Å². The van der Waals surface area contributed by atoms with Gasteiger partial charge < -0.3 is 19.5 Å². The van der Waals surface area contributed by atoms with Gasteiger partial charge in [0.25, 0.3) is 11.8 Å². The van der Waals surface area contributed by atoms with E-state index < -0.39 is 0 Å². The molecule has 0 unspecified atom stereocenters. The molecule has 1 fully saturated rings. The van der Waals surface area contributed by atoms with E-state index in [-0.39, 0.29) is 23.9 Å². The maximum atomic E-state index is 13.1. The summed E-state index contributed by atoms with van der Waals surface area (Å²) in [5.74, 6) is 0.438. The summed E-state index contributed by atoms with van der Waals surface area (Å²) in [4.78, 5) is 32.3. The van der Waals surface area contributed by atoms with Crippen LogP contribution in [0.5, 0.6) is 5.75 Å². The first-order chi connectivity index (χ1) is 14.1. The summed E-state index contributed by atoms with van der Waals surface area (Å²) >= 11 is 0. The summed E-state index contributed by atoms with van der Waals surface area (Å²) in [6.45, 7) is 1.29. The number of imidazole rings is 1. The Morgan fingerprint density at radius 3 is 2.86 bits per heavy atom. The van der Waals surface area contributed by atoms with Gasteiger partial charge in [0.05, 0.1) is 24.5 Å². The van der Waals surface area contributed by atoms with Crippen molar-refractivity contribution in [3.05, 3.63) is 48.0 Å². The average Bonchev–Trinajstić information content (AvgIpc) is 3.16. The molecule has 1 aromatic carbocycles. The van der Waals surface area contributed by atoms with Crippen molar-refractivity contribution in [3.8, 4) is 5.75 Å². The van der Waals surface area contributed by atoms with E-state index >= 15 is 0 Å². The number of benzene rings is 1. The highest BCUT2D eigenvalue weighted by atomic mass is 16.5. The highest BCUT2D eigenvalue weighted by Crippen LogP contribution is 2.26. The number of rotatable bonds is 1. The largest absolute Gasteiger partial charge is 0.493 e. The molecule has 1 saturated heterocycles. The fourth-order valence-corrected chi connectivity index (χ4v) is 4.35. The molecule has 0 saturated carbocycles. The number of amides is 2. The first-order valence-corrected chi connectivity index (χ1v) is 10.4. The minimum atomic E-state index is -0.136. The number of piperidine rings is 1. The minimum absolute atomic E-state index is 0.0188. The van der Waals surface area contributed by atoms with Gasteiger partial charge >= 0.3 is 0 Å². The number of aromatic nitrogens is 2. The summed E-state index contributed by atoms with van der Waals surface area (Å²) in [5, 5.41) is 3.20. The van der Waals surface area contributed by atoms with Gasteiger partial charge in [-0.3, -0.25) is 9.59 Å². The number of aryl methyl sites for hydroxylation is 1. The minimum Gasteiger partial charge on any atom is -0.493 e. The summed E-state index contributed by atoms with van der Waals surface area (Å²) in [5.41, 5.74) is 1.02. The van der Waals surface area contributed by atoms with Gasteiger partial charge in [-0.2, -0.15) is 0 Å². The van der Waals surface area contributed by atoms with Crippen LogP contribution >= 0.6 is 0 Å². The molecule has 2 atom stereocenters. The Bertz CT molecular complexity index is 878. The normalized spacial score (nSPS) is 22.9. The molecular formula is C22H28N4O3. The number of carbonyl (C=O) groups excluding carboxylic acids is 2. The molecule has 2 aliphatic heterocycles. The first-order valence-electron chi connectivity index (χ1n) is 10.4. The lowest BCUT2D eigenvalue weighted by atomic mass is 9.91. The Labute approximate surface area is 171 Å². The fourth-order valence-electron chi connectivity index (χ4n) is 4.35. The number of nitrogens with zero attached hydrogens (tertiary/aromatic N) is 3. The van der Waals surface area contributed by atoms with Crippen LogP contribution in [0.15, 0.2) is 36.8 Å². The Morgan fingerprint density at radius 1 is 1.17 bits per heavy atom. The number of hydrogen-bond donors (Lipinski definition) is 1. The molecule has 0 aliphatic carbocycles. The van der Waals surface area contributed by atoms with Gasteiger partial charge in [-0.25, -0.2) is 4.98 Å². The average molecular weight is 396 g/mol. The Morgan fingerprint density at radius 2 is 2.03 bits per heavy atom. The first kappa shape index (κ1) is 19.5. The van der Waals surface area contributed by atoms with Crippen molar-refractivity contribution in [2.45, 2.75) is 50.6 Å². The zero-order valence-corrected chi connectivity index (χ0v) is 16.8. The maximum Gasteiger partial charge on any atom is 0.274 e. The van der Waals surface area contributed by atoms with Crippen LogP contribution in [0.4, 0.5) is 0 Å². The molecule has 2 aromatic rings. The van der Waals surface area contributed by atoms with E-state index in [1.54, 1.807) is 23.2 Å². The molecule has 1 aromatic heterocycles. The molecular weight excluding hydrogens is 368 g/mol. The van der Waals surface area contributed by atoms with Crippen molar-refractivity contribution in [2.24, 2.45) is 7.05 Å². The third kappa shape index (κ3) is 4.28. The maximum absolute atomic E-state index is 13.1. The van der Waals surface area contributed by atoms with Crippen molar-refractivity contribution in [1.82, 2.24) is 19.8 Å². The predicted molar refractivity (Wildman–Crippen MR) is 109 cm³/mol. The number of para-hydroxylation sites is 1. The Balaban J connectivity index is 1.60. The zero-order valence-electron chi connectivity index (χ0n) is 16.8. The molecule has 7 nitrogen and oxygen atoms in total. The highest BCUT2D eigenvalue weighted by Gasteiger charge is 2.36. The van der Waals surface area contributed by atoms with Crippen molar-refractivity contribution < 1.29 is 14.3 Å². The van der Waals surface area contributed by atoms with E-state index in [0.29, 0.717) is 30.2 Å². The molecule has 154 valence electrons. The molecule has 4 rings (SSSR count). The number of fused-ring (bicyclic) bond motifs is 2. The Kier molecular flexibility index (Phi) is 5.83. The van der Waals surface area contributed by atoms with E-state index in [1.807, 2.05) is 30.1 Å². The van der Waals surface area contributed by atoms with Crippen LogP contribution in [0, 0.1) is 0 Å². The monoisotopic (exact) mass is 396 g/mol. The van der Waals surface area contributed by atoms with Crippen molar-refractivity contribution in [2.75, 3.05) is 13.2 Å². The standard InChI is InChI=1S/C22H28N4O3/c1-25-14-18(23-15-25)22(28)26-12-7-9-17-19(26)10-3-2-6-13-29-20-11-5-4-8-16(20)21(27)24-17/h4-5,8,11,14-15,17,19H,2-3,6-7,9-10,12-13H2,1H3,(H,24,27)/t17-,19-/m0/s1. The number of carbonyl (C=O) groups is 2. The van der Waals surface area contributed by atoms with Crippen molar-refractivity contribution in [3.63, 3.8) is 0 Å². The van der Waals surface area contributed by atoms with Crippen LogP contribution in [0.3, 0.4) is 0 Å². The molecule has 0 radical (unpaired) electrons. The van der Waals surface area contributed by atoms with E-state index in [1.165, 1.54) is 0 Å². The second kappa shape index (κ2) is 8.68. The van der Waals surface area contributed by atoms with Crippen LogP contribution in [0.2, 0.25) is 0 Å². The van der Waals surface area contributed by atoms with Gasteiger partial charge in [0, 0.05) is 25.8 Å². The molecule has 1 N–H and O–H groups in total. The molecule has 2 aliphatic rings.